The lowest BCUT2D eigenvalue weighted by molar-refractivity contribution is -0.127. The summed E-state index contributed by atoms with van der Waals surface area (Å²) in [6, 6.07) is 13.4. The molecule has 0 heterocycles. The van der Waals surface area contributed by atoms with E-state index in [0.29, 0.717) is 6.42 Å². The van der Waals surface area contributed by atoms with Gasteiger partial charge in [-0.1, -0.05) is 43.9 Å². The molecule has 0 amide bonds. The molecular formula is C19H18N2O. The highest BCUT2D eigenvalue weighted by atomic mass is 16.1. The molecule has 22 heavy (non-hydrogen) atoms. The number of hydrogen-bond acceptors (Lipinski definition) is 3. The summed E-state index contributed by atoms with van der Waals surface area (Å²) < 4.78 is 0. The molecule has 3 heteroatoms. The summed E-state index contributed by atoms with van der Waals surface area (Å²) in [6.07, 6.45) is 3.33. The second kappa shape index (κ2) is 6.93. The lowest BCUT2D eigenvalue weighted by Gasteiger charge is -2.39. The minimum Gasteiger partial charge on any atom is -0.284 e. The van der Waals surface area contributed by atoms with Gasteiger partial charge < -0.3 is 0 Å². The molecule has 3 nitrogen and oxygen atoms in total. The van der Waals surface area contributed by atoms with Crippen molar-refractivity contribution in [2.24, 2.45) is 17.3 Å². The first-order chi connectivity index (χ1) is 10.6. The standard InChI is InChI=1S/C19H18N2O/c1-19(12-6-5-9-17(19)16(13-20)14-21)18(22)11-10-15-7-3-2-4-8-15/h2-4,7-8,16-17H,5-6,9,12H2,1H3. The van der Waals surface area contributed by atoms with E-state index in [1.165, 1.54) is 0 Å². The minimum absolute atomic E-state index is 0.156. The molecule has 0 aromatic heterocycles. The van der Waals surface area contributed by atoms with Crippen LogP contribution in [0.3, 0.4) is 0 Å². The van der Waals surface area contributed by atoms with Crippen molar-refractivity contribution in [3.05, 3.63) is 35.9 Å². The van der Waals surface area contributed by atoms with Gasteiger partial charge in [-0.2, -0.15) is 10.5 Å². The zero-order valence-electron chi connectivity index (χ0n) is 12.7. The van der Waals surface area contributed by atoms with Crippen molar-refractivity contribution in [1.29, 1.82) is 10.5 Å². The normalized spacial score (nSPS) is 23.7. The third kappa shape index (κ3) is 3.19. The number of hydrogen-bond donors (Lipinski definition) is 0. The molecule has 2 atom stereocenters. The maximum Gasteiger partial charge on any atom is 0.212 e. The predicted molar refractivity (Wildman–Crippen MR) is 83.1 cm³/mol. The van der Waals surface area contributed by atoms with Gasteiger partial charge in [0.05, 0.1) is 12.1 Å². The fourth-order valence-corrected chi connectivity index (χ4v) is 3.18. The third-order valence-corrected chi connectivity index (χ3v) is 4.57. The number of rotatable bonds is 2. The Labute approximate surface area is 131 Å². The average molecular weight is 290 g/mol. The van der Waals surface area contributed by atoms with Gasteiger partial charge in [0.2, 0.25) is 5.78 Å². The summed E-state index contributed by atoms with van der Waals surface area (Å²) in [5, 5.41) is 18.4. The Morgan fingerprint density at radius 1 is 1.23 bits per heavy atom. The average Bonchev–Trinajstić information content (AvgIpc) is 2.56. The van der Waals surface area contributed by atoms with Crippen LogP contribution in [0.25, 0.3) is 0 Å². The van der Waals surface area contributed by atoms with Gasteiger partial charge >= 0.3 is 0 Å². The number of Topliss-reactive ketones (excluding diaryl/α,β-unsaturated/α-hetero) is 1. The van der Waals surface area contributed by atoms with E-state index in [1.807, 2.05) is 49.4 Å². The minimum atomic E-state index is -0.743. The first-order valence-electron chi connectivity index (χ1n) is 7.52. The lowest BCUT2D eigenvalue weighted by Crippen LogP contribution is -2.41. The van der Waals surface area contributed by atoms with Crippen molar-refractivity contribution < 1.29 is 4.79 Å². The Kier molecular flexibility index (Phi) is 4.98. The largest absolute Gasteiger partial charge is 0.284 e. The molecule has 1 aliphatic rings. The molecule has 0 saturated heterocycles. The van der Waals surface area contributed by atoms with Gasteiger partial charge in [0.25, 0.3) is 0 Å². The Morgan fingerprint density at radius 2 is 1.91 bits per heavy atom. The molecule has 1 aliphatic carbocycles. The number of ketones is 1. The molecule has 1 fully saturated rings. The fourth-order valence-electron chi connectivity index (χ4n) is 3.18. The molecule has 0 bridgehead atoms. The number of nitrogens with zero attached hydrogens (tertiary/aromatic N) is 2. The molecule has 0 spiro atoms. The van der Waals surface area contributed by atoms with E-state index in [1.54, 1.807) is 0 Å². The van der Waals surface area contributed by atoms with Crippen molar-refractivity contribution in [2.45, 2.75) is 32.6 Å². The smallest absolute Gasteiger partial charge is 0.212 e. The summed E-state index contributed by atoms with van der Waals surface area (Å²) in [5.41, 5.74) is 0.0970. The second-order valence-corrected chi connectivity index (χ2v) is 5.95. The van der Waals surface area contributed by atoms with E-state index in [4.69, 9.17) is 0 Å². The number of carbonyl (C=O) groups excluding carboxylic acids is 1. The second-order valence-electron chi connectivity index (χ2n) is 5.95. The highest BCUT2D eigenvalue weighted by molar-refractivity contribution is 6.00. The first-order valence-corrected chi connectivity index (χ1v) is 7.52. The van der Waals surface area contributed by atoms with Crippen LogP contribution in [0.15, 0.2) is 30.3 Å². The Hall–Kier alpha value is -2.57. The van der Waals surface area contributed by atoms with Crippen LogP contribution in [-0.2, 0) is 4.79 Å². The summed E-state index contributed by atoms with van der Waals surface area (Å²) >= 11 is 0. The van der Waals surface area contributed by atoms with Crippen molar-refractivity contribution in [3.63, 3.8) is 0 Å². The van der Waals surface area contributed by atoms with E-state index in [-0.39, 0.29) is 11.7 Å². The molecule has 0 radical (unpaired) electrons. The third-order valence-electron chi connectivity index (χ3n) is 4.57. The van der Waals surface area contributed by atoms with Crippen LogP contribution < -0.4 is 0 Å². The van der Waals surface area contributed by atoms with Crippen LogP contribution >= 0.6 is 0 Å². The van der Waals surface area contributed by atoms with Gasteiger partial charge in [0.1, 0.15) is 5.92 Å². The molecule has 0 N–H and O–H groups in total. The van der Waals surface area contributed by atoms with Crippen LogP contribution in [0.2, 0.25) is 0 Å². The lowest BCUT2D eigenvalue weighted by atomic mass is 9.61. The molecule has 2 rings (SSSR count). The number of nitriles is 2. The maximum absolute atomic E-state index is 12.6. The van der Waals surface area contributed by atoms with Crippen LogP contribution in [0.1, 0.15) is 38.2 Å². The van der Waals surface area contributed by atoms with Gasteiger partial charge in [-0.15, -0.1) is 0 Å². The predicted octanol–water partition coefficient (Wildman–Crippen LogP) is 3.47. The van der Waals surface area contributed by atoms with Gasteiger partial charge in [0, 0.05) is 16.9 Å². The molecule has 1 saturated carbocycles. The van der Waals surface area contributed by atoms with E-state index < -0.39 is 11.3 Å². The Balaban J connectivity index is 2.27. The number of benzene rings is 1. The summed E-state index contributed by atoms with van der Waals surface area (Å²) in [4.78, 5) is 12.6. The topological polar surface area (TPSA) is 64.7 Å². The van der Waals surface area contributed by atoms with Crippen molar-refractivity contribution >= 4 is 5.78 Å². The Morgan fingerprint density at radius 3 is 2.55 bits per heavy atom. The van der Waals surface area contributed by atoms with Crippen molar-refractivity contribution in [1.82, 2.24) is 0 Å². The Bertz CT molecular complexity index is 670. The zero-order valence-corrected chi connectivity index (χ0v) is 12.7. The molecule has 1 aromatic carbocycles. The van der Waals surface area contributed by atoms with Gasteiger partial charge in [-0.05, 0) is 30.9 Å². The molecule has 110 valence electrons. The molecule has 1 aromatic rings. The molecule has 2 unspecified atom stereocenters. The van der Waals surface area contributed by atoms with Crippen LogP contribution in [0, 0.1) is 51.8 Å². The maximum atomic E-state index is 12.6. The van der Waals surface area contributed by atoms with Crippen LogP contribution in [0.5, 0.6) is 0 Å². The highest BCUT2D eigenvalue weighted by Gasteiger charge is 2.46. The van der Waals surface area contributed by atoms with E-state index >= 15 is 0 Å². The van der Waals surface area contributed by atoms with Gasteiger partial charge in [-0.25, -0.2) is 0 Å². The fraction of sp³-hybridized carbons (Fsp3) is 0.421. The molecular weight excluding hydrogens is 272 g/mol. The number of carbonyl (C=O) groups is 1. The van der Waals surface area contributed by atoms with E-state index in [0.717, 1.165) is 24.8 Å². The van der Waals surface area contributed by atoms with Crippen LogP contribution in [-0.4, -0.2) is 5.78 Å². The van der Waals surface area contributed by atoms with E-state index in [9.17, 15) is 15.3 Å². The van der Waals surface area contributed by atoms with Crippen LogP contribution in [0.4, 0.5) is 0 Å². The quantitative estimate of drug-likeness (QED) is 0.783. The summed E-state index contributed by atoms with van der Waals surface area (Å²) in [7, 11) is 0. The van der Waals surface area contributed by atoms with Crippen molar-refractivity contribution in [2.75, 3.05) is 0 Å². The van der Waals surface area contributed by atoms with E-state index in [2.05, 4.69) is 11.8 Å². The van der Waals surface area contributed by atoms with Gasteiger partial charge in [-0.3, -0.25) is 4.79 Å². The van der Waals surface area contributed by atoms with Gasteiger partial charge in [0.15, 0.2) is 0 Å². The SMILES string of the molecule is CC1(C(=O)C#Cc2ccccc2)CCCCC1C(C#N)C#N. The first kappa shape index (κ1) is 15.8. The summed E-state index contributed by atoms with van der Waals surface area (Å²) in [5.74, 6) is 4.50. The summed E-state index contributed by atoms with van der Waals surface area (Å²) in [6.45, 7) is 1.86. The highest BCUT2D eigenvalue weighted by Crippen LogP contribution is 2.45. The van der Waals surface area contributed by atoms with Crippen molar-refractivity contribution in [3.8, 4) is 24.0 Å². The monoisotopic (exact) mass is 290 g/mol. The molecule has 0 aliphatic heterocycles. The zero-order chi connectivity index (χ0) is 16.0.